The maximum absolute atomic E-state index is 3.68. The van der Waals surface area contributed by atoms with E-state index in [4.69, 9.17) is 0 Å². The second-order valence-electron chi connectivity index (χ2n) is 5.18. The van der Waals surface area contributed by atoms with Crippen molar-refractivity contribution in [1.29, 1.82) is 0 Å². The van der Waals surface area contributed by atoms with E-state index in [1.54, 1.807) is 11.3 Å². The van der Waals surface area contributed by atoms with E-state index >= 15 is 0 Å². The van der Waals surface area contributed by atoms with Crippen LogP contribution in [0.25, 0.3) is 0 Å². The molecule has 2 aromatic rings. The van der Waals surface area contributed by atoms with Gasteiger partial charge >= 0.3 is 0 Å². The minimum atomic E-state index is 0.538. The molecule has 1 N–H and O–H groups in total. The lowest BCUT2D eigenvalue weighted by atomic mass is 9.99. The fourth-order valence-electron chi connectivity index (χ4n) is 2.38. The first kappa shape index (κ1) is 14.3. The normalized spacial score (nSPS) is 12.5. The summed E-state index contributed by atoms with van der Waals surface area (Å²) in [7, 11) is 0. The van der Waals surface area contributed by atoms with Crippen molar-refractivity contribution < 1.29 is 0 Å². The monoisotopic (exact) mass is 273 g/mol. The summed E-state index contributed by atoms with van der Waals surface area (Å²) >= 11 is 1.79. The van der Waals surface area contributed by atoms with Crippen LogP contribution in [-0.2, 0) is 12.8 Å². The lowest BCUT2D eigenvalue weighted by Crippen LogP contribution is -2.33. The van der Waals surface area contributed by atoms with Gasteiger partial charge in [0, 0.05) is 6.04 Å². The number of nitrogens with one attached hydrogen (secondary N) is 1. The molecule has 102 valence electrons. The Morgan fingerprint density at radius 3 is 2.68 bits per heavy atom. The van der Waals surface area contributed by atoms with Gasteiger partial charge in [-0.3, -0.25) is 0 Å². The Bertz CT molecular complexity index is 476. The molecule has 1 nitrogen and oxygen atoms in total. The quantitative estimate of drug-likeness (QED) is 0.797. The third kappa shape index (κ3) is 4.81. The number of rotatable bonds is 7. The lowest BCUT2D eigenvalue weighted by molar-refractivity contribution is 0.505. The average molecular weight is 273 g/mol. The first-order valence-corrected chi connectivity index (χ1v) is 8.02. The average Bonchev–Trinajstić information content (AvgIpc) is 2.89. The van der Waals surface area contributed by atoms with Gasteiger partial charge < -0.3 is 5.32 Å². The Morgan fingerprint density at radius 2 is 2.00 bits per heavy atom. The summed E-state index contributed by atoms with van der Waals surface area (Å²) in [5, 5.41) is 8.11. The van der Waals surface area contributed by atoms with Crippen LogP contribution in [0.15, 0.2) is 41.1 Å². The largest absolute Gasteiger partial charge is 0.313 e. The highest BCUT2D eigenvalue weighted by atomic mass is 32.1. The summed E-state index contributed by atoms with van der Waals surface area (Å²) in [4.78, 5) is 0. The molecular weight excluding hydrogens is 250 g/mol. The van der Waals surface area contributed by atoms with Crippen molar-refractivity contribution in [2.75, 3.05) is 6.54 Å². The second-order valence-corrected chi connectivity index (χ2v) is 5.96. The maximum Gasteiger partial charge on any atom is 0.0148 e. The summed E-state index contributed by atoms with van der Waals surface area (Å²) in [6.45, 7) is 5.48. The van der Waals surface area contributed by atoms with Crippen molar-refractivity contribution in [1.82, 2.24) is 5.32 Å². The van der Waals surface area contributed by atoms with E-state index in [2.05, 4.69) is 60.3 Å². The molecule has 1 heterocycles. The van der Waals surface area contributed by atoms with Gasteiger partial charge in [-0.15, -0.1) is 0 Å². The predicted molar refractivity (Wildman–Crippen MR) is 85.0 cm³/mol. The van der Waals surface area contributed by atoms with Crippen molar-refractivity contribution in [2.45, 2.75) is 39.2 Å². The highest BCUT2D eigenvalue weighted by Gasteiger charge is 2.10. The zero-order chi connectivity index (χ0) is 13.5. The molecule has 0 radical (unpaired) electrons. The molecule has 1 atom stereocenters. The van der Waals surface area contributed by atoms with E-state index in [9.17, 15) is 0 Å². The topological polar surface area (TPSA) is 12.0 Å². The third-order valence-corrected chi connectivity index (χ3v) is 4.04. The summed E-state index contributed by atoms with van der Waals surface area (Å²) in [5.41, 5.74) is 4.23. The van der Waals surface area contributed by atoms with Crippen LogP contribution in [0.2, 0.25) is 0 Å². The van der Waals surface area contributed by atoms with Crippen molar-refractivity contribution in [3.63, 3.8) is 0 Å². The van der Waals surface area contributed by atoms with E-state index in [1.165, 1.54) is 23.1 Å². The van der Waals surface area contributed by atoms with E-state index in [1.807, 2.05) is 0 Å². The van der Waals surface area contributed by atoms with E-state index in [-0.39, 0.29) is 0 Å². The fourth-order valence-corrected chi connectivity index (χ4v) is 3.06. The molecule has 0 spiro atoms. The molecule has 0 amide bonds. The SMILES string of the molecule is CCCNC(Cc1ccsc1)Cc1cccc(C)c1. The molecule has 0 saturated carbocycles. The van der Waals surface area contributed by atoms with Crippen LogP contribution < -0.4 is 5.32 Å². The van der Waals surface area contributed by atoms with Crippen molar-refractivity contribution in [3.05, 3.63) is 57.8 Å². The molecular formula is C17H23NS. The van der Waals surface area contributed by atoms with Crippen molar-refractivity contribution >= 4 is 11.3 Å². The van der Waals surface area contributed by atoms with Crippen LogP contribution in [0.1, 0.15) is 30.0 Å². The highest BCUT2D eigenvalue weighted by Crippen LogP contribution is 2.13. The Kier molecular flexibility index (Phi) is 5.62. The number of hydrogen-bond acceptors (Lipinski definition) is 2. The second kappa shape index (κ2) is 7.46. The van der Waals surface area contributed by atoms with Gasteiger partial charge in [-0.25, -0.2) is 0 Å². The zero-order valence-electron chi connectivity index (χ0n) is 11.9. The standard InChI is InChI=1S/C17H23NS/c1-3-8-18-17(12-16-7-9-19-13-16)11-15-6-4-5-14(2)10-15/h4-7,9-10,13,17-18H,3,8,11-12H2,1-2H3. The van der Waals surface area contributed by atoms with Gasteiger partial charge in [0.15, 0.2) is 0 Å². The van der Waals surface area contributed by atoms with Gasteiger partial charge in [-0.05, 0) is 60.7 Å². The Balaban J connectivity index is 2.00. The number of hydrogen-bond donors (Lipinski definition) is 1. The van der Waals surface area contributed by atoms with Crippen molar-refractivity contribution in [2.24, 2.45) is 0 Å². The number of thiophene rings is 1. The van der Waals surface area contributed by atoms with Gasteiger partial charge in [0.05, 0.1) is 0 Å². The molecule has 2 heteroatoms. The molecule has 2 rings (SSSR count). The van der Waals surface area contributed by atoms with Crippen LogP contribution >= 0.6 is 11.3 Å². The molecule has 0 saturated heterocycles. The first-order valence-electron chi connectivity index (χ1n) is 7.08. The van der Waals surface area contributed by atoms with Crippen LogP contribution in [0.5, 0.6) is 0 Å². The van der Waals surface area contributed by atoms with Crippen molar-refractivity contribution in [3.8, 4) is 0 Å². The highest BCUT2D eigenvalue weighted by molar-refractivity contribution is 7.07. The minimum Gasteiger partial charge on any atom is -0.313 e. The molecule has 0 aliphatic heterocycles. The van der Waals surface area contributed by atoms with Crippen LogP contribution in [0, 0.1) is 6.92 Å². The van der Waals surface area contributed by atoms with Gasteiger partial charge in [0.2, 0.25) is 0 Å². The predicted octanol–water partition coefficient (Wildman–Crippen LogP) is 4.21. The zero-order valence-corrected chi connectivity index (χ0v) is 12.7. The Labute approximate surface area is 120 Å². The molecule has 1 aromatic heterocycles. The summed E-state index contributed by atoms with van der Waals surface area (Å²) in [5.74, 6) is 0. The van der Waals surface area contributed by atoms with Gasteiger partial charge in [-0.2, -0.15) is 11.3 Å². The summed E-state index contributed by atoms with van der Waals surface area (Å²) in [6, 6.07) is 11.6. The van der Waals surface area contributed by atoms with Gasteiger partial charge in [-0.1, -0.05) is 36.8 Å². The molecule has 0 fully saturated rings. The summed E-state index contributed by atoms with van der Waals surface area (Å²) < 4.78 is 0. The van der Waals surface area contributed by atoms with E-state index in [0.29, 0.717) is 6.04 Å². The molecule has 0 bridgehead atoms. The summed E-state index contributed by atoms with van der Waals surface area (Å²) in [6.07, 6.45) is 3.42. The van der Waals surface area contributed by atoms with Crippen LogP contribution in [-0.4, -0.2) is 12.6 Å². The molecule has 19 heavy (non-hydrogen) atoms. The molecule has 1 unspecified atom stereocenters. The van der Waals surface area contributed by atoms with E-state index in [0.717, 1.165) is 19.4 Å². The number of aryl methyl sites for hydroxylation is 1. The fraction of sp³-hybridized carbons (Fsp3) is 0.412. The van der Waals surface area contributed by atoms with Crippen LogP contribution in [0.4, 0.5) is 0 Å². The minimum absolute atomic E-state index is 0.538. The maximum atomic E-state index is 3.68. The lowest BCUT2D eigenvalue weighted by Gasteiger charge is -2.18. The van der Waals surface area contributed by atoms with Gasteiger partial charge in [0.1, 0.15) is 0 Å². The van der Waals surface area contributed by atoms with Gasteiger partial charge in [0.25, 0.3) is 0 Å². The smallest absolute Gasteiger partial charge is 0.0148 e. The molecule has 1 aromatic carbocycles. The molecule has 0 aliphatic carbocycles. The van der Waals surface area contributed by atoms with Crippen LogP contribution in [0.3, 0.4) is 0 Å². The Morgan fingerprint density at radius 1 is 1.16 bits per heavy atom. The molecule has 0 aliphatic rings. The Hall–Kier alpha value is -1.12. The van der Waals surface area contributed by atoms with E-state index < -0.39 is 0 Å². The number of benzene rings is 1. The third-order valence-electron chi connectivity index (χ3n) is 3.31. The first-order chi connectivity index (χ1) is 9.28.